The molecule has 0 atom stereocenters. The van der Waals surface area contributed by atoms with E-state index in [9.17, 15) is 8.78 Å². The number of nitrogens with one attached hydrogen (secondary N) is 1. The van der Waals surface area contributed by atoms with Crippen molar-refractivity contribution in [2.24, 2.45) is 0 Å². The summed E-state index contributed by atoms with van der Waals surface area (Å²) in [4.78, 5) is 3.90. The molecule has 5 heteroatoms. The lowest BCUT2D eigenvalue weighted by Crippen LogP contribution is -2.20. The number of rotatable bonds is 5. The number of alkyl halides is 2. The van der Waals surface area contributed by atoms with Crippen LogP contribution in [-0.2, 0) is 6.54 Å². The van der Waals surface area contributed by atoms with Crippen molar-refractivity contribution in [1.29, 1.82) is 0 Å². The lowest BCUT2D eigenvalue weighted by molar-refractivity contribution is 0.145. The van der Waals surface area contributed by atoms with Gasteiger partial charge in [-0.1, -0.05) is 0 Å². The molecule has 0 bridgehead atoms. The molecule has 1 heterocycles. The van der Waals surface area contributed by atoms with Crippen LogP contribution in [0.15, 0.2) is 18.3 Å². The van der Waals surface area contributed by atoms with Gasteiger partial charge in [0.05, 0.1) is 13.7 Å². The van der Waals surface area contributed by atoms with Crippen molar-refractivity contribution in [3.05, 3.63) is 23.9 Å². The molecule has 0 aliphatic rings. The number of ether oxygens (including phenoxy) is 1. The van der Waals surface area contributed by atoms with Gasteiger partial charge in [0.15, 0.2) is 0 Å². The minimum absolute atomic E-state index is 0.301. The first-order chi connectivity index (χ1) is 6.72. The van der Waals surface area contributed by atoms with Gasteiger partial charge in [0.25, 0.3) is 6.43 Å². The first-order valence-corrected chi connectivity index (χ1v) is 4.20. The summed E-state index contributed by atoms with van der Waals surface area (Å²) in [5.74, 6) is 0.487. The summed E-state index contributed by atoms with van der Waals surface area (Å²) >= 11 is 0. The van der Waals surface area contributed by atoms with Crippen molar-refractivity contribution in [2.75, 3.05) is 13.7 Å². The second-order valence-electron chi connectivity index (χ2n) is 2.73. The van der Waals surface area contributed by atoms with Crippen molar-refractivity contribution >= 4 is 0 Å². The molecule has 14 heavy (non-hydrogen) atoms. The molecule has 0 saturated heterocycles. The van der Waals surface area contributed by atoms with Crippen LogP contribution in [0.3, 0.4) is 0 Å². The zero-order valence-corrected chi connectivity index (χ0v) is 7.84. The van der Waals surface area contributed by atoms with Gasteiger partial charge in [0, 0.05) is 18.8 Å². The average Bonchev–Trinajstić information content (AvgIpc) is 2.18. The Morgan fingerprint density at radius 2 is 2.36 bits per heavy atom. The topological polar surface area (TPSA) is 34.1 Å². The summed E-state index contributed by atoms with van der Waals surface area (Å²) in [6.07, 6.45) is -0.739. The molecule has 1 rings (SSSR count). The fourth-order valence-corrected chi connectivity index (χ4v) is 0.998. The third kappa shape index (κ3) is 3.66. The van der Waals surface area contributed by atoms with Gasteiger partial charge < -0.3 is 10.1 Å². The molecule has 0 saturated carbocycles. The SMILES string of the molecule is COc1cc(CNCC(F)F)ccn1. The molecule has 0 amide bonds. The predicted octanol–water partition coefficient (Wildman–Crippen LogP) is 1.44. The second-order valence-corrected chi connectivity index (χ2v) is 2.73. The van der Waals surface area contributed by atoms with Gasteiger partial charge in [-0.05, 0) is 11.6 Å². The Morgan fingerprint density at radius 1 is 1.57 bits per heavy atom. The highest BCUT2D eigenvalue weighted by Crippen LogP contribution is 2.07. The zero-order valence-electron chi connectivity index (χ0n) is 7.84. The van der Waals surface area contributed by atoms with E-state index in [0.29, 0.717) is 12.4 Å². The number of methoxy groups -OCH3 is 1. The standard InChI is InChI=1S/C9H12F2N2O/c1-14-9-4-7(2-3-13-9)5-12-6-8(10)11/h2-4,8,12H,5-6H2,1H3. The van der Waals surface area contributed by atoms with Crippen LogP contribution >= 0.6 is 0 Å². The van der Waals surface area contributed by atoms with E-state index in [4.69, 9.17) is 4.74 Å². The van der Waals surface area contributed by atoms with Crippen molar-refractivity contribution in [2.45, 2.75) is 13.0 Å². The quantitative estimate of drug-likeness (QED) is 0.784. The van der Waals surface area contributed by atoms with Crippen LogP contribution in [0.4, 0.5) is 8.78 Å². The van der Waals surface area contributed by atoms with E-state index in [2.05, 4.69) is 10.3 Å². The predicted molar refractivity (Wildman–Crippen MR) is 48.5 cm³/mol. The monoisotopic (exact) mass is 202 g/mol. The van der Waals surface area contributed by atoms with E-state index in [0.717, 1.165) is 5.56 Å². The second kappa shape index (κ2) is 5.49. The van der Waals surface area contributed by atoms with Gasteiger partial charge in [-0.2, -0.15) is 0 Å². The Hall–Kier alpha value is -1.23. The van der Waals surface area contributed by atoms with E-state index < -0.39 is 6.43 Å². The van der Waals surface area contributed by atoms with Crippen molar-refractivity contribution < 1.29 is 13.5 Å². The lowest BCUT2D eigenvalue weighted by atomic mass is 10.2. The lowest BCUT2D eigenvalue weighted by Gasteiger charge is -2.05. The van der Waals surface area contributed by atoms with Crippen LogP contribution in [0.2, 0.25) is 0 Å². The maximum absolute atomic E-state index is 11.8. The van der Waals surface area contributed by atoms with E-state index in [-0.39, 0.29) is 6.54 Å². The van der Waals surface area contributed by atoms with Gasteiger partial charge in [-0.3, -0.25) is 0 Å². The molecule has 0 spiro atoms. The highest BCUT2D eigenvalue weighted by Gasteiger charge is 2.01. The molecule has 1 aromatic rings. The Labute approximate surface area is 81.1 Å². The number of pyridine rings is 1. The average molecular weight is 202 g/mol. The molecule has 0 aliphatic heterocycles. The smallest absolute Gasteiger partial charge is 0.250 e. The molecule has 0 aliphatic carbocycles. The minimum Gasteiger partial charge on any atom is -0.481 e. The van der Waals surface area contributed by atoms with Crippen LogP contribution in [0.1, 0.15) is 5.56 Å². The third-order valence-corrected chi connectivity index (χ3v) is 1.64. The van der Waals surface area contributed by atoms with Crippen LogP contribution in [-0.4, -0.2) is 25.1 Å². The Morgan fingerprint density at radius 3 is 3.00 bits per heavy atom. The number of halogens is 2. The molecule has 3 nitrogen and oxygen atoms in total. The van der Waals surface area contributed by atoms with Crippen molar-refractivity contribution in [3.8, 4) is 5.88 Å². The summed E-state index contributed by atoms with van der Waals surface area (Å²) in [7, 11) is 1.51. The van der Waals surface area contributed by atoms with Crippen LogP contribution in [0.25, 0.3) is 0 Å². The Bertz CT molecular complexity index is 281. The molecule has 1 aromatic heterocycles. The number of nitrogens with zero attached hydrogens (tertiary/aromatic N) is 1. The summed E-state index contributed by atoms with van der Waals surface area (Å²) in [6, 6.07) is 3.46. The van der Waals surface area contributed by atoms with E-state index >= 15 is 0 Å². The minimum atomic E-state index is -2.32. The summed E-state index contributed by atoms with van der Waals surface area (Å²) in [5.41, 5.74) is 0.873. The summed E-state index contributed by atoms with van der Waals surface area (Å²) in [6.45, 7) is 0.0911. The highest BCUT2D eigenvalue weighted by atomic mass is 19.3. The van der Waals surface area contributed by atoms with E-state index in [1.807, 2.05) is 0 Å². The fraction of sp³-hybridized carbons (Fsp3) is 0.444. The Balaban J connectivity index is 2.42. The molecule has 78 valence electrons. The number of hydrogen-bond acceptors (Lipinski definition) is 3. The van der Waals surface area contributed by atoms with Crippen molar-refractivity contribution in [1.82, 2.24) is 10.3 Å². The molecule has 0 aromatic carbocycles. The van der Waals surface area contributed by atoms with Gasteiger partial charge >= 0.3 is 0 Å². The summed E-state index contributed by atoms with van der Waals surface area (Å²) < 4.78 is 28.5. The van der Waals surface area contributed by atoms with Gasteiger partial charge in [0.1, 0.15) is 0 Å². The normalized spacial score (nSPS) is 10.6. The van der Waals surface area contributed by atoms with Crippen LogP contribution < -0.4 is 10.1 Å². The van der Waals surface area contributed by atoms with Gasteiger partial charge in [-0.25, -0.2) is 13.8 Å². The fourth-order valence-electron chi connectivity index (χ4n) is 0.998. The first-order valence-electron chi connectivity index (χ1n) is 4.20. The largest absolute Gasteiger partial charge is 0.481 e. The van der Waals surface area contributed by atoms with Crippen LogP contribution in [0.5, 0.6) is 5.88 Å². The first kappa shape index (κ1) is 10.8. The molecular weight excluding hydrogens is 190 g/mol. The molecule has 0 unspecified atom stereocenters. The van der Waals surface area contributed by atoms with E-state index in [1.165, 1.54) is 7.11 Å². The maximum Gasteiger partial charge on any atom is 0.250 e. The number of hydrogen-bond donors (Lipinski definition) is 1. The third-order valence-electron chi connectivity index (χ3n) is 1.64. The molecule has 0 radical (unpaired) electrons. The molecule has 1 N–H and O–H groups in total. The van der Waals surface area contributed by atoms with Gasteiger partial charge in [-0.15, -0.1) is 0 Å². The van der Waals surface area contributed by atoms with Gasteiger partial charge in [0.2, 0.25) is 5.88 Å². The van der Waals surface area contributed by atoms with Crippen LogP contribution in [0, 0.1) is 0 Å². The molecule has 0 fully saturated rings. The number of aromatic nitrogens is 1. The van der Waals surface area contributed by atoms with E-state index in [1.54, 1.807) is 18.3 Å². The maximum atomic E-state index is 11.8. The molecular formula is C9H12F2N2O. The summed E-state index contributed by atoms with van der Waals surface area (Å²) in [5, 5.41) is 2.62. The zero-order chi connectivity index (χ0) is 10.4. The highest BCUT2D eigenvalue weighted by molar-refractivity contribution is 5.20. The Kier molecular flexibility index (Phi) is 4.25. The van der Waals surface area contributed by atoms with Crippen molar-refractivity contribution in [3.63, 3.8) is 0 Å².